The molecule has 0 saturated carbocycles. The minimum absolute atomic E-state index is 0.0193. The molecule has 0 spiro atoms. The van der Waals surface area contributed by atoms with Crippen LogP contribution in [0.1, 0.15) is 11.1 Å². The van der Waals surface area contributed by atoms with E-state index in [0.29, 0.717) is 22.6 Å². The number of halogens is 1. The number of hydrogen-bond acceptors (Lipinski definition) is 6. The van der Waals surface area contributed by atoms with E-state index < -0.39 is 22.8 Å². The summed E-state index contributed by atoms with van der Waals surface area (Å²) in [6, 6.07) is 18.4. The van der Waals surface area contributed by atoms with E-state index in [1.54, 1.807) is 60.7 Å². The van der Waals surface area contributed by atoms with E-state index in [2.05, 4.69) is 21.2 Å². The number of non-ortho nitro benzene ring substituents is 1. The Labute approximate surface area is 201 Å². The molecule has 4 amide bonds. The molecule has 9 nitrogen and oxygen atoms in total. The number of amides is 4. The summed E-state index contributed by atoms with van der Waals surface area (Å²) in [5.74, 6) is -1.02. The van der Waals surface area contributed by atoms with Crippen molar-refractivity contribution in [2.75, 3.05) is 4.90 Å². The number of nitro benzene ring substituents is 1. The van der Waals surface area contributed by atoms with Crippen LogP contribution >= 0.6 is 15.9 Å². The van der Waals surface area contributed by atoms with Crippen LogP contribution in [0.3, 0.4) is 0 Å². The largest absolute Gasteiger partial charge is 0.489 e. The lowest BCUT2D eigenvalue weighted by Gasteiger charge is -2.26. The Hall–Kier alpha value is -4.31. The molecule has 0 atom stereocenters. The SMILES string of the molecule is O=C1NC(=O)N(c2ccc(Br)cc2)C(=O)/C1=C/c1ccc(OCc2cccc([N+](=O)[O-])c2)cc1. The van der Waals surface area contributed by atoms with Gasteiger partial charge in [-0.15, -0.1) is 0 Å². The smallest absolute Gasteiger partial charge is 0.335 e. The molecule has 170 valence electrons. The second-order valence-electron chi connectivity index (χ2n) is 7.22. The topological polar surface area (TPSA) is 119 Å². The maximum atomic E-state index is 12.9. The summed E-state index contributed by atoms with van der Waals surface area (Å²) in [7, 11) is 0. The third kappa shape index (κ3) is 5.02. The minimum atomic E-state index is -0.820. The summed E-state index contributed by atoms with van der Waals surface area (Å²) in [5.41, 5.74) is 1.31. The molecular weight excluding hydrogens is 506 g/mol. The highest BCUT2D eigenvalue weighted by molar-refractivity contribution is 9.10. The summed E-state index contributed by atoms with van der Waals surface area (Å²) < 4.78 is 6.44. The Bertz CT molecular complexity index is 1320. The average Bonchev–Trinajstić information content (AvgIpc) is 2.82. The van der Waals surface area contributed by atoms with Crippen LogP contribution in [0.15, 0.2) is 82.8 Å². The molecule has 4 rings (SSSR count). The van der Waals surface area contributed by atoms with Gasteiger partial charge in [-0.1, -0.05) is 40.2 Å². The number of anilines is 1. The number of urea groups is 1. The zero-order chi connectivity index (χ0) is 24.2. The van der Waals surface area contributed by atoms with Crippen LogP contribution in [0.5, 0.6) is 5.75 Å². The van der Waals surface area contributed by atoms with Crippen LogP contribution in [0, 0.1) is 10.1 Å². The number of carbonyl (C=O) groups excluding carboxylic acids is 3. The van der Waals surface area contributed by atoms with E-state index in [1.165, 1.54) is 18.2 Å². The van der Waals surface area contributed by atoms with Gasteiger partial charge >= 0.3 is 6.03 Å². The monoisotopic (exact) mass is 521 g/mol. The molecule has 10 heteroatoms. The molecule has 1 fully saturated rings. The summed E-state index contributed by atoms with van der Waals surface area (Å²) >= 11 is 3.30. The van der Waals surface area contributed by atoms with Gasteiger partial charge in [-0.25, -0.2) is 9.69 Å². The lowest BCUT2D eigenvalue weighted by molar-refractivity contribution is -0.384. The molecule has 1 heterocycles. The molecular formula is C24H16BrN3O6. The number of nitro groups is 1. The molecule has 0 unspecified atom stereocenters. The van der Waals surface area contributed by atoms with Crippen molar-refractivity contribution in [1.29, 1.82) is 0 Å². The van der Waals surface area contributed by atoms with E-state index in [0.717, 1.165) is 9.37 Å². The van der Waals surface area contributed by atoms with Crippen molar-refractivity contribution in [2.45, 2.75) is 6.61 Å². The van der Waals surface area contributed by atoms with Crippen molar-refractivity contribution in [3.8, 4) is 5.75 Å². The molecule has 0 aliphatic carbocycles. The number of hydrogen-bond donors (Lipinski definition) is 1. The highest BCUT2D eigenvalue weighted by Crippen LogP contribution is 2.24. The van der Waals surface area contributed by atoms with Crippen LogP contribution < -0.4 is 15.0 Å². The Morgan fingerprint density at radius 2 is 1.71 bits per heavy atom. The lowest BCUT2D eigenvalue weighted by atomic mass is 10.1. The van der Waals surface area contributed by atoms with Gasteiger partial charge in [-0.2, -0.15) is 0 Å². The molecule has 1 aliphatic heterocycles. The maximum Gasteiger partial charge on any atom is 0.335 e. The van der Waals surface area contributed by atoms with Gasteiger partial charge < -0.3 is 4.74 Å². The zero-order valence-corrected chi connectivity index (χ0v) is 19.0. The predicted octanol–water partition coefficient (Wildman–Crippen LogP) is 4.60. The Morgan fingerprint density at radius 3 is 2.38 bits per heavy atom. The first-order valence-corrected chi connectivity index (χ1v) is 10.7. The van der Waals surface area contributed by atoms with Crippen molar-refractivity contribution in [3.05, 3.63) is 104 Å². The second-order valence-corrected chi connectivity index (χ2v) is 8.13. The molecule has 34 heavy (non-hydrogen) atoms. The van der Waals surface area contributed by atoms with Crippen molar-refractivity contribution < 1.29 is 24.0 Å². The lowest BCUT2D eigenvalue weighted by Crippen LogP contribution is -2.54. The number of benzene rings is 3. The third-order valence-corrected chi connectivity index (χ3v) is 5.43. The van der Waals surface area contributed by atoms with Crippen LogP contribution in [0.25, 0.3) is 6.08 Å². The standard InChI is InChI=1S/C24H16BrN3O6/c25-17-6-8-18(9-7-17)27-23(30)21(22(29)26-24(27)31)13-15-4-10-20(11-5-15)34-14-16-2-1-3-19(12-16)28(32)33/h1-13H,14H2,(H,26,29,31)/b21-13+. The molecule has 0 bridgehead atoms. The van der Waals surface area contributed by atoms with Gasteiger partial charge in [0.15, 0.2) is 0 Å². The number of rotatable bonds is 6. The van der Waals surface area contributed by atoms with E-state index in [4.69, 9.17) is 4.74 Å². The van der Waals surface area contributed by atoms with E-state index >= 15 is 0 Å². The molecule has 3 aromatic carbocycles. The van der Waals surface area contributed by atoms with Gasteiger partial charge in [-0.05, 0) is 53.6 Å². The third-order valence-electron chi connectivity index (χ3n) is 4.90. The summed E-state index contributed by atoms with van der Waals surface area (Å²) in [6.07, 6.45) is 1.39. The normalized spacial score (nSPS) is 14.8. The van der Waals surface area contributed by atoms with E-state index in [1.807, 2.05) is 0 Å². The summed E-state index contributed by atoms with van der Waals surface area (Å²) in [5, 5.41) is 13.1. The van der Waals surface area contributed by atoms with Crippen molar-refractivity contribution in [2.24, 2.45) is 0 Å². The predicted molar refractivity (Wildman–Crippen MR) is 127 cm³/mol. The number of nitrogens with one attached hydrogen (secondary N) is 1. The molecule has 3 aromatic rings. The van der Waals surface area contributed by atoms with Crippen LogP contribution in [-0.4, -0.2) is 22.8 Å². The molecule has 1 N–H and O–H groups in total. The fourth-order valence-corrected chi connectivity index (χ4v) is 3.50. The fourth-order valence-electron chi connectivity index (χ4n) is 3.24. The van der Waals surface area contributed by atoms with Crippen molar-refractivity contribution >= 4 is 51.2 Å². The van der Waals surface area contributed by atoms with E-state index in [-0.39, 0.29) is 17.9 Å². The Balaban J connectivity index is 1.49. The van der Waals surface area contributed by atoms with Gasteiger partial charge in [0.2, 0.25) is 0 Å². The number of ether oxygens (including phenoxy) is 1. The summed E-state index contributed by atoms with van der Waals surface area (Å²) in [4.78, 5) is 48.8. The number of imide groups is 2. The maximum absolute atomic E-state index is 12.9. The molecule has 1 aliphatic rings. The van der Waals surface area contributed by atoms with Crippen LogP contribution in [0.2, 0.25) is 0 Å². The first-order valence-electron chi connectivity index (χ1n) is 9.95. The van der Waals surface area contributed by atoms with Gasteiger partial charge in [-0.3, -0.25) is 25.0 Å². The first-order chi connectivity index (χ1) is 16.3. The first kappa shape index (κ1) is 22.9. The van der Waals surface area contributed by atoms with Gasteiger partial charge in [0, 0.05) is 16.6 Å². The van der Waals surface area contributed by atoms with Gasteiger partial charge in [0.25, 0.3) is 17.5 Å². The van der Waals surface area contributed by atoms with E-state index in [9.17, 15) is 24.5 Å². The molecule has 0 radical (unpaired) electrons. The highest BCUT2D eigenvalue weighted by atomic mass is 79.9. The van der Waals surface area contributed by atoms with Crippen LogP contribution in [-0.2, 0) is 16.2 Å². The van der Waals surface area contributed by atoms with Crippen LogP contribution in [0.4, 0.5) is 16.2 Å². The van der Waals surface area contributed by atoms with Crippen molar-refractivity contribution in [3.63, 3.8) is 0 Å². The quantitative estimate of drug-likeness (QED) is 0.219. The van der Waals surface area contributed by atoms with Gasteiger partial charge in [0.05, 0.1) is 10.6 Å². The zero-order valence-electron chi connectivity index (χ0n) is 17.4. The Kier molecular flexibility index (Phi) is 6.51. The fraction of sp³-hybridized carbons (Fsp3) is 0.0417. The van der Waals surface area contributed by atoms with Gasteiger partial charge in [0.1, 0.15) is 17.9 Å². The number of nitrogens with zero attached hydrogens (tertiary/aromatic N) is 2. The highest BCUT2D eigenvalue weighted by Gasteiger charge is 2.36. The van der Waals surface area contributed by atoms with Crippen molar-refractivity contribution in [1.82, 2.24) is 5.32 Å². The second kappa shape index (κ2) is 9.67. The molecule has 0 aromatic heterocycles. The number of barbiturate groups is 1. The average molecular weight is 522 g/mol. The molecule has 1 saturated heterocycles. The summed E-state index contributed by atoms with van der Waals surface area (Å²) in [6.45, 7) is 0.132. The number of carbonyl (C=O) groups is 3. The minimum Gasteiger partial charge on any atom is -0.489 e. The Morgan fingerprint density at radius 1 is 1.00 bits per heavy atom.